The van der Waals surface area contributed by atoms with E-state index < -0.39 is 0 Å². The molecule has 0 heterocycles. The van der Waals surface area contributed by atoms with E-state index >= 15 is 0 Å². The standard InChI is InChI=1S/C11H14N4O/c12-11(13)15-14-6-8-2-1-3-9(10(8)16)7-4-5-7/h1-3,6-7,16H,4-5H2,(H4,12,13,15). The minimum Gasteiger partial charge on any atom is -0.507 e. The van der Waals surface area contributed by atoms with Gasteiger partial charge in [0.1, 0.15) is 5.75 Å². The Morgan fingerprint density at radius 2 is 2.12 bits per heavy atom. The fourth-order valence-corrected chi connectivity index (χ4v) is 1.57. The van der Waals surface area contributed by atoms with Crippen LogP contribution in [0.2, 0.25) is 0 Å². The number of nitrogens with two attached hydrogens (primary N) is 2. The van der Waals surface area contributed by atoms with E-state index in [1.165, 1.54) is 6.21 Å². The lowest BCUT2D eigenvalue weighted by molar-refractivity contribution is 0.467. The molecule has 5 nitrogen and oxygen atoms in total. The maximum absolute atomic E-state index is 9.96. The van der Waals surface area contributed by atoms with Crippen molar-refractivity contribution in [3.63, 3.8) is 0 Å². The van der Waals surface area contributed by atoms with Gasteiger partial charge in [0.25, 0.3) is 0 Å². The maximum Gasteiger partial charge on any atom is 0.211 e. The van der Waals surface area contributed by atoms with Gasteiger partial charge in [0.15, 0.2) is 0 Å². The van der Waals surface area contributed by atoms with Crippen LogP contribution in [0.5, 0.6) is 5.75 Å². The van der Waals surface area contributed by atoms with Crippen molar-refractivity contribution in [3.05, 3.63) is 29.3 Å². The van der Waals surface area contributed by atoms with Crippen molar-refractivity contribution in [3.8, 4) is 5.75 Å². The molecule has 1 aliphatic carbocycles. The summed E-state index contributed by atoms with van der Waals surface area (Å²) in [7, 11) is 0. The van der Waals surface area contributed by atoms with E-state index in [0.717, 1.165) is 18.4 Å². The summed E-state index contributed by atoms with van der Waals surface area (Å²) in [6.07, 6.45) is 3.73. The largest absolute Gasteiger partial charge is 0.507 e. The van der Waals surface area contributed by atoms with Gasteiger partial charge in [0.2, 0.25) is 5.96 Å². The molecule has 84 valence electrons. The van der Waals surface area contributed by atoms with Crippen molar-refractivity contribution in [1.29, 1.82) is 0 Å². The molecular weight excluding hydrogens is 204 g/mol. The van der Waals surface area contributed by atoms with Crippen LogP contribution in [0, 0.1) is 0 Å². The fraction of sp³-hybridized carbons (Fsp3) is 0.273. The van der Waals surface area contributed by atoms with Crippen LogP contribution in [-0.4, -0.2) is 17.3 Å². The van der Waals surface area contributed by atoms with Gasteiger partial charge >= 0.3 is 0 Å². The number of rotatable bonds is 3. The van der Waals surface area contributed by atoms with E-state index in [0.29, 0.717) is 11.5 Å². The number of nitrogens with zero attached hydrogens (tertiary/aromatic N) is 2. The molecule has 1 aromatic rings. The lowest BCUT2D eigenvalue weighted by atomic mass is 10.1. The first kappa shape index (κ1) is 10.5. The highest BCUT2D eigenvalue weighted by molar-refractivity contribution is 5.85. The van der Waals surface area contributed by atoms with Gasteiger partial charge < -0.3 is 16.6 Å². The van der Waals surface area contributed by atoms with Crippen LogP contribution in [0.25, 0.3) is 0 Å². The smallest absolute Gasteiger partial charge is 0.211 e. The van der Waals surface area contributed by atoms with Crippen LogP contribution in [0.15, 0.2) is 28.4 Å². The molecule has 0 amide bonds. The highest BCUT2D eigenvalue weighted by Crippen LogP contribution is 2.44. The number of para-hydroxylation sites is 1. The Labute approximate surface area is 93.5 Å². The van der Waals surface area contributed by atoms with Crippen molar-refractivity contribution in [2.45, 2.75) is 18.8 Å². The van der Waals surface area contributed by atoms with Crippen LogP contribution in [0.1, 0.15) is 29.9 Å². The van der Waals surface area contributed by atoms with Crippen LogP contribution in [-0.2, 0) is 0 Å². The maximum atomic E-state index is 9.96. The van der Waals surface area contributed by atoms with Gasteiger partial charge in [-0.1, -0.05) is 12.1 Å². The van der Waals surface area contributed by atoms with Crippen molar-refractivity contribution in [2.24, 2.45) is 21.7 Å². The first-order chi connectivity index (χ1) is 7.68. The van der Waals surface area contributed by atoms with Crippen LogP contribution in [0.4, 0.5) is 0 Å². The summed E-state index contributed by atoms with van der Waals surface area (Å²) in [5, 5.41) is 17.1. The van der Waals surface area contributed by atoms with Gasteiger partial charge in [0.05, 0.1) is 6.21 Å². The van der Waals surface area contributed by atoms with E-state index in [1.807, 2.05) is 12.1 Å². The summed E-state index contributed by atoms with van der Waals surface area (Å²) in [6.45, 7) is 0. The zero-order chi connectivity index (χ0) is 11.5. The van der Waals surface area contributed by atoms with Crippen LogP contribution >= 0.6 is 0 Å². The van der Waals surface area contributed by atoms with Crippen LogP contribution < -0.4 is 11.5 Å². The molecule has 2 rings (SSSR count). The lowest BCUT2D eigenvalue weighted by Crippen LogP contribution is -2.21. The Morgan fingerprint density at radius 3 is 2.75 bits per heavy atom. The number of benzene rings is 1. The molecular formula is C11H14N4O. The summed E-state index contributed by atoms with van der Waals surface area (Å²) in [5.41, 5.74) is 11.9. The SMILES string of the molecule is NC(N)=NN=Cc1cccc(C2CC2)c1O. The summed E-state index contributed by atoms with van der Waals surface area (Å²) in [4.78, 5) is 0. The molecule has 0 aliphatic heterocycles. The van der Waals surface area contributed by atoms with Gasteiger partial charge in [-0.05, 0) is 30.4 Å². The summed E-state index contributed by atoms with van der Waals surface area (Å²) in [6, 6.07) is 5.60. The molecule has 0 atom stereocenters. The summed E-state index contributed by atoms with van der Waals surface area (Å²) < 4.78 is 0. The average molecular weight is 218 g/mol. The predicted octanol–water partition coefficient (Wildman–Crippen LogP) is 0.877. The zero-order valence-electron chi connectivity index (χ0n) is 8.80. The van der Waals surface area contributed by atoms with E-state index in [4.69, 9.17) is 11.5 Å². The number of phenols is 1. The van der Waals surface area contributed by atoms with Gasteiger partial charge in [-0.15, -0.1) is 5.10 Å². The highest BCUT2D eigenvalue weighted by Gasteiger charge is 2.26. The van der Waals surface area contributed by atoms with Crippen molar-refractivity contribution < 1.29 is 5.11 Å². The van der Waals surface area contributed by atoms with E-state index in [1.54, 1.807) is 6.07 Å². The molecule has 1 fully saturated rings. The molecule has 5 N–H and O–H groups in total. The Morgan fingerprint density at radius 1 is 1.38 bits per heavy atom. The number of hydrogen-bond acceptors (Lipinski definition) is 3. The van der Waals surface area contributed by atoms with Gasteiger partial charge in [-0.25, -0.2) is 0 Å². The molecule has 0 bridgehead atoms. The second kappa shape index (κ2) is 4.22. The molecule has 16 heavy (non-hydrogen) atoms. The summed E-state index contributed by atoms with van der Waals surface area (Å²) in [5.74, 6) is 0.671. The van der Waals surface area contributed by atoms with E-state index in [9.17, 15) is 5.11 Å². The van der Waals surface area contributed by atoms with Crippen molar-refractivity contribution in [2.75, 3.05) is 0 Å². The predicted molar refractivity (Wildman–Crippen MR) is 63.5 cm³/mol. The molecule has 5 heteroatoms. The Hall–Kier alpha value is -2.04. The first-order valence-electron chi connectivity index (χ1n) is 5.12. The third kappa shape index (κ3) is 2.31. The minimum atomic E-state index is -0.103. The Balaban J connectivity index is 2.24. The molecule has 0 saturated heterocycles. The quantitative estimate of drug-likeness (QED) is 0.399. The second-order valence-electron chi connectivity index (χ2n) is 3.83. The Bertz CT molecular complexity index is 445. The molecule has 0 radical (unpaired) electrons. The third-order valence-electron chi connectivity index (χ3n) is 2.49. The molecule has 0 spiro atoms. The molecule has 1 saturated carbocycles. The lowest BCUT2D eigenvalue weighted by Gasteiger charge is -2.04. The molecule has 1 aliphatic rings. The van der Waals surface area contributed by atoms with E-state index in [2.05, 4.69) is 10.2 Å². The number of phenolic OH excluding ortho intramolecular Hbond substituents is 1. The number of guanidine groups is 1. The van der Waals surface area contributed by atoms with Crippen molar-refractivity contribution >= 4 is 12.2 Å². The molecule has 0 aromatic heterocycles. The highest BCUT2D eigenvalue weighted by atomic mass is 16.3. The van der Waals surface area contributed by atoms with Gasteiger partial charge in [0, 0.05) is 5.56 Å². The van der Waals surface area contributed by atoms with E-state index in [-0.39, 0.29) is 11.7 Å². The average Bonchev–Trinajstić information content (AvgIpc) is 3.04. The topological polar surface area (TPSA) is 97.0 Å². The fourth-order valence-electron chi connectivity index (χ4n) is 1.57. The van der Waals surface area contributed by atoms with Crippen molar-refractivity contribution in [1.82, 2.24) is 0 Å². The first-order valence-corrected chi connectivity index (χ1v) is 5.12. The molecule has 1 aromatic carbocycles. The number of aromatic hydroxyl groups is 1. The monoisotopic (exact) mass is 218 g/mol. The Kier molecular flexibility index (Phi) is 2.76. The minimum absolute atomic E-state index is 0.103. The summed E-state index contributed by atoms with van der Waals surface area (Å²) >= 11 is 0. The van der Waals surface area contributed by atoms with Crippen LogP contribution in [0.3, 0.4) is 0 Å². The molecule has 0 unspecified atom stereocenters. The second-order valence-corrected chi connectivity index (χ2v) is 3.83. The third-order valence-corrected chi connectivity index (χ3v) is 2.49. The van der Waals surface area contributed by atoms with Gasteiger partial charge in [-0.3, -0.25) is 0 Å². The number of hydrogen-bond donors (Lipinski definition) is 3. The van der Waals surface area contributed by atoms with Gasteiger partial charge in [-0.2, -0.15) is 5.10 Å². The normalized spacial score (nSPS) is 15.2. The zero-order valence-corrected chi connectivity index (χ0v) is 8.80.